The first-order valence-electron chi connectivity index (χ1n) is 7.98. The summed E-state index contributed by atoms with van der Waals surface area (Å²) in [6.45, 7) is 5.28. The van der Waals surface area contributed by atoms with Crippen LogP contribution in [0.1, 0.15) is 37.8 Å². The Morgan fingerprint density at radius 2 is 1.41 bits per heavy atom. The molecule has 1 nitrogen and oxygen atoms in total. The van der Waals surface area contributed by atoms with Gasteiger partial charge in [-0.05, 0) is 41.5 Å². The van der Waals surface area contributed by atoms with Crippen LogP contribution in [0.2, 0.25) is 0 Å². The second-order valence-corrected chi connectivity index (χ2v) is 7.89. The molecule has 0 saturated heterocycles. The van der Waals surface area contributed by atoms with Crippen molar-refractivity contribution in [1.29, 1.82) is 0 Å². The maximum Gasteiger partial charge on any atom is 0.0462 e. The van der Waals surface area contributed by atoms with Gasteiger partial charge in [-0.15, -0.1) is 9.24 Å². The van der Waals surface area contributed by atoms with Crippen molar-refractivity contribution in [3.8, 4) is 11.1 Å². The third-order valence-electron chi connectivity index (χ3n) is 3.98. The molecule has 2 aromatic carbocycles. The quantitative estimate of drug-likeness (QED) is 0.489. The molecule has 0 heterocycles. The molecule has 0 bridgehead atoms. The minimum absolute atomic E-state index is 0.130. The maximum absolute atomic E-state index is 5.09. The van der Waals surface area contributed by atoms with Crippen LogP contribution in [0.5, 0.6) is 0 Å². The summed E-state index contributed by atoms with van der Waals surface area (Å²) in [7, 11) is 4.66. The van der Waals surface area contributed by atoms with Gasteiger partial charge in [0, 0.05) is 18.9 Å². The highest BCUT2D eigenvalue weighted by molar-refractivity contribution is 7.18. The molecule has 0 spiro atoms. The molecule has 0 aliphatic carbocycles. The average Bonchev–Trinajstić information content (AvgIpc) is 2.51. The summed E-state index contributed by atoms with van der Waals surface area (Å²) in [5.74, 6) is 0. The molecule has 118 valence electrons. The van der Waals surface area contributed by atoms with E-state index in [0.717, 1.165) is 19.4 Å². The molecular formula is C20H27OP. The Balaban J connectivity index is 2.01. The average molecular weight is 314 g/mol. The number of hydrogen-bond acceptors (Lipinski definition) is 1. The standard InChI is InChI=1S/C20H27OP/c1-20(2,22)19-13-11-18(12-14-19)17-9-7-16(8-10-17)6-4-5-15-21-3/h7-14H,4-6,15,22H2,1-3H3. The topological polar surface area (TPSA) is 9.23 Å². The molecule has 0 saturated carbocycles. The number of unbranched alkanes of at least 4 members (excludes halogenated alkanes) is 1. The fourth-order valence-corrected chi connectivity index (χ4v) is 2.72. The molecule has 2 rings (SSSR count). The van der Waals surface area contributed by atoms with Crippen molar-refractivity contribution in [1.82, 2.24) is 0 Å². The van der Waals surface area contributed by atoms with Gasteiger partial charge in [0.25, 0.3) is 0 Å². The summed E-state index contributed by atoms with van der Waals surface area (Å²) in [5, 5.41) is 0.130. The van der Waals surface area contributed by atoms with E-state index in [-0.39, 0.29) is 5.16 Å². The van der Waals surface area contributed by atoms with E-state index in [2.05, 4.69) is 71.6 Å². The van der Waals surface area contributed by atoms with Crippen molar-refractivity contribution < 1.29 is 4.74 Å². The molecule has 1 unspecified atom stereocenters. The molecule has 0 fully saturated rings. The van der Waals surface area contributed by atoms with Crippen LogP contribution in [0.25, 0.3) is 11.1 Å². The van der Waals surface area contributed by atoms with E-state index in [0.29, 0.717) is 0 Å². The fraction of sp³-hybridized carbons (Fsp3) is 0.400. The third-order valence-corrected chi connectivity index (χ3v) is 4.31. The van der Waals surface area contributed by atoms with E-state index >= 15 is 0 Å². The van der Waals surface area contributed by atoms with Crippen LogP contribution in [0.3, 0.4) is 0 Å². The number of methoxy groups -OCH3 is 1. The van der Waals surface area contributed by atoms with Crippen molar-refractivity contribution in [3.63, 3.8) is 0 Å². The Kier molecular flexibility index (Phi) is 6.17. The van der Waals surface area contributed by atoms with Crippen LogP contribution in [0, 0.1) is 0 Å². The van der Waals surface area contributed by atoms with Gasteiger partial charge in [0.15, 0.2) is 0 Å². The van der Waals surface area contributed by atoms with Crippen LogP contribution < -0.4 is 0 Å². The first kappa shape index (κ1) is 17.2. The molecule has 0 amide bonds. The first-order chi connectivity index (χ1) is 10.5. The zero-order valence-electron chi connectivity index (χ0n) is 13.9. The predicted molar refractivity (Wildman–Crippen MR) is 99.4 cm³/mol. The SMILES string of the molecule is COCCCCc1ccc(-c2ccc(C(C)(C)P)cc2)cc1. The van der Waals surface area contributed by atoms with Gasteiger partial charge in [0.05, 0.1) is 0 Å². The molecular weight excluding hydrogens is 287 g/mol. The van der Waals surface area contributed by atoms with Gasteiger partial charge in [-0.2, -0.15) is 0 Å². The second kappa shape index (κ2) is 7.90. The molecule has 2 aromatic rings. The van der Waals surface area contributed by atoms with E-state index in [1.54, 1.807) is 7.11 Å². The van der Waals surface area contributed by atoms with Crippen LogP contribution in [-0.2, 0) is 16.3 Å². The van der Waals surface area contributed by atoms with Crippen LogP contribution in [0.15, 0.2) is 48.5 Å². The lowest BCUT2D eigenvalue weighted by Crippen LogP contribution is -2.05. The van der Waals surface area contributed by atoms with Crippen molar-refractivity contribution >= 4 is 9.24 Å². The van der Waals surface area contributed by atoms with Crippen molar-refractivity contribution in [2.75, 3.05) is 13.7 Å². The second-order valence-electron chi connectivity index (χ2n) is 6.45. The Labute approximate surface area is 137 Å². The normalized spacial score (nSPS) is 11.6. The third kappa shape index (κ3) is 4.93. The predicted octanol–water partition coefficient (Wildman–Crippen LogP) is 5.43. The van der Waals surface area contributed by atoms with E-state index in [1.807, 2.05) is 0 Å². The lowest BCUT2D eigenvalue weighted by atomic mass is 9.97. The molecule has 0 aromatic heterocycles. The highest BCUT2D eigenvalue weighted by atomic mass is 31.0. The monoisotopic (exact) mass is 314 g/mol. The molecule has 0 aliphatic heterocycles. The molecule has 0 radical (unpaired) electrons. The Morgan fingerprint density at radius 3 is 1.91 bits per heavy atom. The lowest BCUT2D eigenvalue weighted by molar-refractivity contribution is 0.193. The highest BCUT2D eigenvalue weighted by Crippen LogP contribution is 2.31. The minimum atomic E-state index is 0.130. The summed E-state index contributed by atoms with van der Waals surface area (Å²) in [6.07, 6.45) is 3.44. The number of hydrogen-bond donors (Lipinski definition) is 0. The van der Waals surface area contributed by atoms with E-state index in [4.69, 9.17) is 4.74 Å². The van der Waals surface area contributed by atoms with Gasteiger partial charge >= 0.3 is 0 Å². The Hall–Kier alpha value is -1.17. The molecule has 0 aliphatic rings. The van der Waals surface area contributed by atoms with Crippen molar-refractivity contribution in [3.05, 3.63) is 59.7 Å². The molecule has 22 heavy (non-hydrogen) atoms. The number of aryl methyl sites for hydroxylation is 1. The Morgan fingerprint density at radius 1 is 0.864 bits per heavy atom. The van der Waals surface area contributed by atoms with Crippen LogP contribution in [0.4, 0.5) is 0 Å². The number of benzene rings is 2. The van der Waals surface area contributed by atoms with E-state index in [9.17, 15) is 0 Å². The molecule has 0 N–H and O–H groups in total. The van der Waals surface area contributed by atoms with Crippen molar-refractivity contribution in [2.24, 2.45) is 0 Å². The summed E-state index contributed by atoms with van der Waals surface area (Å²) in [4.78, 5) is 0. The van der Waals surface area contributed by atoms with E-state index in [1.165, 1.54) is 28.7 Å². The summed E-state index contributed by atoms with van der Waals surface area (Å²) in [5.41, 5.74) is 5.32. The van der Waals surface area contributed by atoms with Gasteiger partial charge in [-0.3, -0.25) is 0 Å². The molecule has 2 heteroatoms. The Bertz CT molecular complexity index is 564. The van der Waals surface area contributed by atoms with Gasteiger partial charge in [0.2, 0.25) is 0 Å². The summed E-state index contributed by atoms with van der Waals surface area (Å²) < 4.78 is 5.09. The maximum atomic E-state index is 5.09. The molecule has 1 atom stereocenters. The van der Waals surface area contributed by atoms with Crippen molar-refractivity contribution in [2.45, 2.75) is 38.3 Å². The van der Waals surface area contributed by atoms with Gasteiger partial charge < -0.3 is 4.74 Å². The zero-order valence-corrected chi connectivity index (χ0v) is 15.1. The zero-order chi connectivity index (χ0) is 16.0. The smallest absolute Gasteiger partial charge is 0.0462 e. The largest absolute Gasteiger partial charge is 0.385 e. The van der Waals surface area contributed by atoms with Gasteiger partial charge in [0.1, 0.15) is 0 Å². The summed E-state index contributed by atoms with van der Waals surface area (Å²) in [6, 6.07) is 17.8. The van der Waals surface area contributed by atoms with Gasteiger partial charge in [-0.25, -0.2) is 0 Å². The lowest BCUT2D eigenvalue weighted by Gasteiger charge is -2.19. The van der Waals surface area contributed by atoms with E-state index < -0.39 is 0 Å². The van der Waals surface area contributed by atoms with Crippen LogP contribution in [-0.4, -0.2) is 13.7 Å². The van der Waals surface area contributed by atoms with Gasteiger partial charge in [-0.1, -0.05) is 62.4 Å². The number of rotatable bonds is 7. The van der Waals surface area contributed by atoms with Crippen LogP contribution >= 0.6 is 9.24 Å². The number of ether oxygens (including phenoxy) is 1. The first-order valence-corrected chi connectivity index (χ1v) is 8.56. The summed E-state index contributed by atoms with van der Waals surface area (Å²) >= 11 is 0. The fourth-order valence-electron chi connectivity index (χ4n) is 2.53. The minimum Gasteiger partial charge on any atom is -0.385 e. The highest BCUT2D eigenvalue weighted by Gasteiger charge is 2.13.